The van der Waals surface area contributed by atoms with Gasteiger partial charge in [0.05, 0.1) is 19.0 Å². The summed E-state index contributed by atoms with van der Waals surface area (Å²) in [7, 11) is -3.17. The van der Waals surface area contributed by atoms with Crippen molar-refractivity contribution in [2.24, 2.45) is 5.41 Å². The predicted octanol–water partition coefficient (Wildman–Crippen LogP) is 6.39. The molecule has 0 N–H and O–H groups in total. The minimum Gasteiger partial charge on any atom is -0.305 e. The first-order valence-electron chi connectivity index (χ1n) is 8.45. The van der Waals surface area contributed by atoms with E-state index in [1.165, 1.54) is 36.2 Å². The SMILES string of the molecule is CCOP(=O)(C=C=C(C)C=CC1=C(C)CCCC1(C)C)OCC. The maximum atomic E-state index is 12.4. The molecule has 0 fully saturated rings. The van der Waals surface area contributed by atoms with E-state index in [2.05, 4.69) is 32.6 Å². The largest absolute Gasteiger partial charge is 0.361 e. The van der Waals surface area contributed by atoms with E-state index in [1.54, 1.807) is 13.8 Å². The van der Waals surface area contributed by atoms with E-state index in [-0.39, 0.29) is 5.41 Å². The van der Waals surface area contributed by atoms with Crippen molar-refractivity contribution in [3.8, 4) is 0 Å². The molecule has 0 unspecified atom stereocenters. The lowest BCUT2D eigenvalue weighted by molar-refractivity contribution is 0.229. The van der Waals surface area contributed by atoms with Crippen LogP contribution < -0.4 is 0 Å². The lowest BCUT2D eigenvalue weighted by atomic mass is 9.72. The summed E-state index contributed by atoms with van der Waals surface area (Å²) in [4.78, 5) is 0. The number of rotatable bonds is 7. The van der Waals surface area contributed by atoms with Crippen LogP contribution in [-0.4, -0.2) is 13.2 Å². The fourth-order valence-electron chi connectivity index (χ4n) is 2.92. The molecule has 1 aliphatic rings. The van der Waals surface area contributed by atoms with Gasteiger partial charge in [-0.15, -0.1) is 5.73 Å². The van der Waals surface area contributed by atoms with Gasteiger partial charge in [0, 0.05) is 0 Å². The van der Waals surface area contributed by atoms with Gasteiger partial charge in [0.1, 0.15) is 0 Å². The van der Waals surface area contributed by atoms with Crippen LogP contribution in [0.15, 0.2) is 40.4 Å². The molecule has 23 heavy (non-hydrogen) atoms. The Labute approximate surface area is 141 Å². The van der Waals surface area contributed by atoms with E-state index < -0.39 is 7.60 Å². The normalized spacial score (nSPS) is 18.2. The Morgan fingerprint density at radius 1 is 1.30 bits per heavy atom. The average molecular weight is 338 g/mol. The lowest BCUT2D eigenvalue weighted by Gasteiger charge is -2.32. The first-order valence-corrected chi connectivity index (χ1v) is 10.1. The number of allylic oxidation sites excluding steroid dienone is 5. The van der Waals surface area contributed by atoms with Gasteiger partial charge < -0.3 is 9.05 Å². The molecule has 130 valence electrons. The van der Waals surface area contributed by atoms with Crippen LogP contribution in [-0.2, 0) is 13.6 Å². The Hall–Kier alpha value is -0.850. The first-order chi connectivity index (χ1) is 10.7. The molecule has 0 saturated carbocycles. The summed E-state index contributed by atoms with van der Waals surface area (Å²) in [5, 5.41) is 0. The summed E-state index contributed by atoms with van der Waals surface area (Å²) >= 11 is 0. The summed E-state index contributed by atoms with van der Waals surface area (Å²) in [5.41, 5.74) is 7.04. The third-order valence-corrected chi connectivity index (χ3v) is 5.79. The van der Waals surface area contributed by atoms with Crippen molar-refractivity contribution in [2.75, 3.05) is 13.2 Å². The molecule has 0 spiro atoms. The highest BCUT2D eigenvalue weighted by Crippen LogP contribution is 2.49. The predicted molar refractivity (Wildman–Crippen MR) is 97.6 cm³/mol. The van der Waals surface area contributed by atoms with Crippen molar-refractivity contribution < 1.29 is 13.6 Å². The van der Waals surface area contributed by atoms with Gasteiger partial charge in [-0.05, 0) is 63.5 Å². The molecule has 0 aromatic carbocycles. The highest BCUT2D eigenvalue weighted by molar-refractivity contribution is 7.57. The summed E-state index contributed by atoms with van der Waals surface area (Å²) in [6.07, 6.45) is 7.86. The molecule has 0 aliphatic heterocycles. The third-order valence-electron chi connectivity index (χ3n) is 4.11. The molecule has 3 nitrogen and oxygen atoms in total. The fraction of sp³-hybridized carbons (Fsp3) is 0.632. The van der Waals surface area contributed by atoms with Crippen LogP contribution in [0.2, 0.25) is 0 Å². The van der Waals surface area contributed by atoms with Crippen LogP contribution in [0.1, 0.15) is 60.8 Å². The minimum absolute atomic E-state index is 0.217. The Morgan fingerprint density at radius 3 is 2.43 bits per heavy atom. The molecule has 0 aromatic rings. The van der Waals surface area contributed by atoms with Gasteiger partial charge in [-0.25, -0.2) is 0 Å². The summed E-state index contributed by atoms with van der Waals surface area (Å²) in [6, 6.07) is 0. The summed E-state index contributed by atoms with van der Waals surface area (Å²) in [5.74, 6) is 1.44. The monoisotopic (exact) mass is 338 g/mol. The van der Waals surface area contributed by atoms with Crippen LogP contribution in [0.25, 0.3) is 0 Å². The van der Waals surface area contributed by atoms with Crippen LogP contribution >= 0.6 is 7.60 Å². The Bertz CT molecular complexity index is 565. The number of hydrogen-bond acceptors (Lipinski definition) is 3. The van der Waals surface area contributed by atoms with E-state index in [0.717, 1.165) is 5.57 Å². The van der Waals surface area contributed by atoms with Gasteiger partial charge in [0.15, 0.2) is 0 Å². The smallest absolute Gasteiger partial charge is 0.305 e. The van der Waals surface area contributed by atoms with Crippen LogP contribution in [0.5, 0.6) is 0 Å². The highest BCUT2D eigenvalue weighted by atomic mass is 31.2. The van der Waals surface area contributed by atoms with Gasteiger partial charge >= 0.3 is 7.60 Å². The van der Waals surface area contributed by atoms with E-state index >= 15 is 0 Å². The van der Waals surface area contributed by atoms with Crippen molar-refractivity contribution in [3.63, 3.8) is 0 Å². The van der Waals surface area contributed by atoms with E-state index in [0.29, 0.717) is 13.2 Å². The zero-order valence-corrected chi connectivity index (χ0v) is 16.3. The molecule has 1 aliphatic carbocycles. The highest BCUT2D eigenvalue weighted by Gasteiger charge is 2.26. The molecule has 0 heterocycles. The molecule has 0 bridgehead atoms. The molecule has 1 rings (SSSR count). The quantitative estimate of drug-likeness (QED) is 0.306. The molecule has 0 aromatic heterocycles. The molecule has 0 amide bonds. The third kappa shape index (κ3) is 6.28. The second kappa shape index (κ2) is 8.85. The van der Waals surface area contributed by atoms with Crippen molar-refractivity contribution in [1.82, 2.24) is 0 Å². The van der Waals surface area contributed by atoms with Gasteiger partial charge in [0.25, 0.3) is 0 Å². The van der Waals surface area contributed by atoms with Gasteiger partial charge in [-0.3, -0.25) is 4.57 Å². The second-order valence-corrected chi connectivity index (χ2v) is 8.45. The maximum absolute atomic E-state index is 12.4. The van der Waals surface area contributed by atoms with Crippen molar-refractivity contribution in [1.29, 1.82) is 0 Å². The van der Waals surface area contributed by atoms with Crippen molar-refractivity contribution >= 4 is 7.60 Å². The van der Waals surface area contributed by atoms with Gasteiger partial charge in [0.2, 0.25) is 0 Å². The maximum Gasteiger partial charge on any atom is 0.361 e. The summed E-state index contributed by atoms with van der Waals surface area (Å²) in [6.45, 7) is 13.1. The number of hydrogen-bond donors (Lipinski definition) is 0. The van der Waals surface area contributed by atoms with Crippen LogP contribution in [0.4, 0.5) is 0 Å². The molecule has 4 heteroatoms. The van der Waals surface area contributed by atoms with E-state index in [4.69, 9.17) is 9.05 Å². The minimum atomic E-state index is -3.17. The zero-order valence-electron chi connectivity index (χ0n) is 15.4. The molecule has 0 radical (unpaired) electrons. The van der Waals surface area contributed by atoms with Crippen LogP contribution in [0, 0.1) is 5.41 Å². The Balaban J connectivity index is 2.99. The fourth-order valence-corrected chi connectivity index (χ4v) is 4.22. The standard InChI is InChI=1S/C19H31O3P/c1-7-21-23(20,22-8-2)15-13-16(3)11-12-18-17(4)10-9-14-19(18,5)6/h11-12,15H,7-10,14H2,1-6H3. The molecular weight excluding hydrogens is 307 g/mol. The lowest BCUT2D eigenvalue weighted by Crippen LogP contribution is -2.19. The first kappa shape index (κ1) is 20.2. The Morgan fingerprint density at radius 2 is 1.91 bits per heavy atom. The second-order valence-electron chi connectivity index (χ2n) is 6.60. The van der Waals surface area contributed by atoms with Crippen molar-refractivity contribution in [3.05, 3.63) is 40.4 Å². The van der Waals surface area contributed by atoms with Crippen molar-refractivity contribution in [2.45, 2.75) is 60.8 Å². The topological polar surface area (TPSA) is 35.5 Å². The van der Waals surface area contributed by atoms with Gasteiger partial charge in [-0.1, -0.05) is 31.6 Å². The Kier molecular flexibility index (Phi) is 7.77. The molecular formula is C19H31O3P. The molecule has 0 atom stereocenters. The van der Waals surface area contributed by atoms with E-state index in [9.17, 15) is 4.57 Å². The van der Waals surface area contributed by atoms with Gasteiger partial charge in [-0.2, -0.15) is 0 Å². The summed E-state index contributed by atoms with van der Waals surface area (Å²) < 4.78 is 22.8. The molecule has 0 saturated heterocycles. The average Bonchev–Trinajstić information content (AvgIpc) is 2.44. The zero-order chi connectivity index (χ0) is 17.5. The van der Waals surface area contributed by atoms with E-state index in [1.807, 2.05) is 13.0 Å². The van der Waals surface area contributed by atoms with Crippen LogP contribution in [0.3, 0.4) is 0 Å².